The minimum Gasteiger partial charge on any atom is -0.338 e. The van der Waals surface area contributed by atoms with Gasteiger partial charge in [-0.25, -0.2) is 0 Å². The van der Waals surface area contributed by atoms with Crippen molar-refractivity contribution < 1.29 is 9.32 Å². The van der Waals surface area contributed by atoms with E-state index in [1.54, 1.807) is 12.1 Å². The van der Waals surface area contributed by atoms with Crippen molar-refractivity contribution in [2.45, 2.75) is 19.9 Å². The number of benzene rings is 1. The number of amides is 1. The summed E-state index contributed by atoms with van der Waals surface area (Å²) in [6.07, 6.45) is 0.776. The van der Waals surface area contributed by atoms with E-state index in [4.69, 9.17) is 16.1 Å². The lowest BCUT2D eigenvalue weighted by Crippen LogP contribution is -2.48. The second kappa shape index (κ2) is 8.42. The number of anilines is 1. The molecule has 0 spiro atoms. The average molecular weight is 364 g/mol. The second-order valence-corrected chi connectivity index (χ2v) is 6.45. The Morgan fingerprint density at radius 1 is 1.24 bits per heavy atom. The van der Waals surface area contributed by atoms with Crippen LogP contribution in [0.15, 0.2) is 28.8 Å². The van der Waals surface area contributed by atoms with Crippen molar-refractivity contribution in [2.75, 3.05) is 38.0 Å². The minimum atomic E-state index is -0.0500. The van der Waals surface area contributed by atoms with Crippen molar-refractivity contribution in [2.24, 2.45) is 0 Å². The largest absolute Gasteiger partial charge is 0.338 e. The van der Waals surface area contributed by atoms with Gasteiger partial charge in [0.05, 0.1) is 23.8 Å². The fourth-order valence-corrected chi connectivity index (χ4v) is 2.93. The molecule has 1 fully saturated rings. The average Bonchev–Trinajstić information content (AvgIpc) is 3.06. The minimum absolute atomic E-state index is 0.0500. The fraction of sp³-hybridized carbons (Fsp3) is 0.471. The van der Waals surface area contributed by atoms with E-state index >= 15 is 0 Å². The molecule has 0 unspecified atom stereocenters. The zero-order chi connectivity index (χ0) is 17.6. The number of aryl methyl sites for hydroxylation is 1. The Bertz CT molecular complexity index is 713. The first-order chi connectivity index (χ1) is 12.1. The summed E-state index contributed by atoms with van der Waals surface area (Å²) in [6, 6.07) is 7.25. The van der Waals surface area contributed by atoms with Gasteiger partial charge < -0.3 is 9.84 Å². The molecule has 1 N–H and O–H groups in total. The molecule has 2 aromatic rings. The van der Waals surface area contributed by atoms with Crippen molar-refractivity contribution >= 4 is 23.2 Å². The third kappa shape index (κ3) is 5.01. The summed E-state index contributed by atoms with van der Waals surface area (Å²) >= 11 is 6.06. The predicted octanol–water partition coefficient (Wildman–Crippen LogP) is 2.04. The Labute approximate surface area is 151 Å². The van der Waals surface area contributed by atoms with Gasteiger partial charge in [0.25, 0.3) is 0 Å². The number of halogens is 1. The summed E-state index contributed by atoms with van der Waals surface area (Å²) in [5, 5.41) is 7.32. The number of nitrogens with one attached hydrogen (secondary N) is 1. The molecule has 2 heterocycles. The maximum absolute atomic E-state index is 12.2. The van der Waals surface area contributed by atoms with Crippen molar-refractivity contribution in [3.63, 3.8) is 0 Å². The molecular weight excluding hydrogens is 342 g/mol. The molecule has 1 saturated heterocycles. The van der Waals surface area contributed by atoms with Crippen LogP contribution in [0.25, 0.3) is 0 Å². The zero-order valence-electron chi connectivity index (χ0n) is 14.2. The van der Waals surface area contributed by atoms with E-state index in [1.165, 1.54) is 0 Å². The van der Waals surface area contributed by atoms with Crippen LogP contribution >= 0.6 is 11.6 Å². The summed E-state index contributed by atoms with van der Waals surface area (Å²) in [5.74, 6) is 1.35. The molecule has 0 saturated carbocycles. The van der Waals surface area contributed by atoms with Crippen LogP contribution in [0.2, 0.25) is 5.02 Å². The Morgan fingerprint density at radius 2 is 1.96 bits per heavy atom. The highest BCUT2D eigenvalue weighted by Crippen LogP contribution is 2.20. The summed E-state index contributed by atoms with van der Waals surface area (Å²) in [7, 11) is 0. The van der Waals surface area contributed by atoms with Crippen LogP contribution in [0.3, 0.4) is 0 Å². The Morgan fingerprint density at radius 3 is 2.64 bits per heavy atom. The molecule has 3 rings (SSSR count). The lowest BCUT2D eigenvalue weighted by Gasteiger charge is -2.33. The summed E-state index contributed by atoms with van der Waals surface area (Å²) in [4.78, 5) is 20.9. The third-order valence-electron chi connectivity index (χ3n) is 4.17. The highest BCUT2D eigenvalue weighted by Gasteiger charge is 2.21. The Hall–Kier alpha value is -1.96. The van der Waals surface area contributed by atoms with Gasteiger partial charge in [0.1, 0.15) is 0 Å². The molecular formula is C17H22ClN5O2. The molecule has 1 aliphatic rings. The highest BCUT2D eigenvalue weighted by atomic mass is 35.5. The van der Waals surface area contributed by atoms with Crippen LogP contribution in [-0.2, 0) is 17.8 Å². The molecule has 134 valence electrons. The number of rotatable bonds is 6. The molecule has 1 aliphatic heterocycles. The molecule has 8 heteroatoms. The van der Waals surface area contributed by atoms with Crippen molar-refractivity contribution in [1.29, 1.82) is 0 Å². The number of nitrogens with zero attached hydrogens (tertiary/aromatic N) is 4. The summed E-state index contributed by atoms with van der Waals surface area (Å²) in [6.45, 7) is 6.40. The topological polar surface area (TPSA) is 74.5 Å². The standard InChI is InChI=1S/C17H22ClN5O2/c1-2-15-20-17(25-21-15)12-23-9-7-22(8-10-23)11-16(24)19-14-6-4-3-5-13(14)18/h3-6H,2,7-12H2,1H3,(H,19,24). The Kier molecular flexibility index (Phi) is 6.01. The van der Waals surface area contributed by atoms with Crippen LogP contribution in [-0.4, -0.2) is 58.6 Å². The van der Waals surface area contributed by atoms with Gasteiger partial charge in [-0.15, -0.1) is 0 Å². The van der Waals surface area contributed by atoms with Gasteiger partial charge in [0, 0.05) is 32.6 Å². The highest BCUT2D eigenvalue weighted by molar-refractivity contribution is 6.33. The first kappa shape index (κ1) is 17.8. The van der Waals surface area contributed by atoms with Crippen molar-refractivity contribution in [3.05, 3.63) is 41.0 Å². The SMILES string of the molecule is CCc1noc(CN2CCN(CC(=O)Nc3ccccc3Cl)CC2)n1. The number of para-hydroxylation sites is 1. The number of hydrogen-bond donors (Lipinski definition) is 1. The molecule has 0 radical (unpaired) electrons. The van der Waals surface area contributed by atoms with Gasteiger partial charge in [-0.3, -0.25) is 14.6 Å². The lowest BCUT2D eigenvalue weighted by molar-refractivity contribution is -0.117. The second-order valence-electron chi connectivity index (χ2n) is 6.04. The molecule has 1 aromatic heterocycles. The van der Waals surface area contributed by atoms with Crippen LogP contribution in [0.1, 0.15) is 18.6 Å². The van der Waals surface area contributed by atoms with E-state index in [0.717, 1.165) is 38.4 Å². The normalized spacial score (nSPS) is 16.1. The maximum atomic E-state index is 12.2. The van der Waals surface area contributed by atoms with Gasteiger partial charge in [-0.05, 0) is 12.1 Å². The molecule has 25 heavy (non-hydrogen) atoms. The molecule has 1 aromatic carbocycles. The van der Waals surface area contributed by atoms with Crippen LogP contribution in [0.4, 0.5) is 5.69 Å². The van der Waals surface area contributed by atoms with Gasteiger partial charge in [-0.1, -0.05) is 35.8 Å². The van der Waals surface area contributed by atoms with Crippen LogP contribution < -0.4 is 5.32 Å². The monoisotopic (exact) mass is 363 g/mol. The van der Waals surface area contributed by atoms with Crippen molar-refractivity contribution in [1.82, 2.24) is 19.9 Å². The molecule has 0 aliphatic carbocycles. The number of piperazine rings is 1. The molecule has 7 nitrogen and oxygen atoms in total. The van der Waals surface area contributed by atoms with E-state index in [2.05, 4.69) is 25.3 Å². The van der Waals surface area contributed by atoms with Crippen molar-refractivity contribution in [3.8, 4) is 0 Å². The first-order valence-electron chi connectivity index (χ1n) is 8.44. The fourth-order valence-electron chi connectivity index (χ4n) is 2.75. The van der Waals surface area contributed by atoms with Gasteiger partial charge in [0.2, 0.25) is 11.8 Å². The van der Waals surface area contributed by atoms with Gasteiger partial charge >= 0.3 is 0 Å². The smallest absolute Gasteiger partial charge is 0.240 e. The summed E-state index contributed by atoms with van der Waals surface area (Å²) in [5.41, 5.74) is 0.649. The molecule has 0 bridgehead atoms. The van der Waals surface area contributed by atoms with E-state index in [0.29, 0.717) is 29.7 Å². The predicted molar refractivity (Wildman–Crippen MR) is 95.5 cm³/mol. The van der Waals surface area contributed by atoms with E-state index < -0.39 is 0 Å². The number of carbonyl (C=O) groups excluding carboxylic acids is 1. The van der Waals surface area contributed by atoms with Crippen LogP contribution in [0.5, 0.6) is 0 Å². The maximum Gasteiger partial charge on any atom is 0.240 e. The molecule has 0 atom stereocenters. The number of aromatic nitrogens is 2. The quantitative estimate of drug-likeness (QED) is 0.846. The van der Waals surface area contributed by atoms with E-state index in [9.17, 15) is 4.79 Å². The number of hydrogen-bond acceptors (Lipinski definition) is 6. The third-order valence-corrected chi connectivity index (χ3v) is 4.49. The number of carbonyl (C=O) groups is 1. The van der Waals surface area contributed by atoms with Crippen LogP contribution in [0, 0.1) is 0 Å². The summed E-state index contributed by atoms with van der Waals surface area (Å²) < 4.78 is 5.23. The van der Waals surface area contributed by atoms with E-state index in [1.807, 2.05) is 19.1 Å². The van der Waals surface area contributed by atoms with Gasteiger partial charge in [0.15, 0.2) is 5.82 Å². The van der Waals surface area contributed by atoms with Gasteiger partial charge in [-0.2, -0.15) is 4.98 Å². The zero-order valence-corrected chi connectivity index (χ0v) is 15.0. The Balaban J connectivity index is 1.43. The first-order valence-corrected chi connectivity index (χ1v) is 8.82. The van der Waals surface area contributed by atoms with E-state index in [-0.39, 0.29) is 5.91 Å². The lowest BCUT2D eigenvalue weighted by atomic mass is 10.3. The molecule has 1 amide bonds.